The Hall–Kier alpha value is -2.82. The summed E-state index contributed by atoms with van der Waals surface area (Å²) in [6, 6.07) is 9.47. The van der Waals surface area contributed by atoms with Gasteiger partial charge in [0.25, 0.3) is 0 Å². The van der Waals surface area contributed by atoms with E-state index >= 15 is 0 Å². The monoisotopic (exact) mass is 739 g/mol. The molecule has 0 saturated heterocycles. The molecule has 7 nitrogen and oxygen atoms in total. The van der Waals surface area contributed by atoms with Crippen molar-refractivity contribution in [1.29, 1.82) is 0 Å². The molecule has 0 fully saturated rings. The summed E-state index contributed by atoms with van der Waals surface area (Å²) in [7, 11) is 3.33. The molecule has 0 radical (unpaired) electrons. The van der Waals surface area contributed by atoms with Gasteiger partial charge in [-0.05, 0) is 77.2 Å². The van der Waals surface area contributed by atoms with Crippen LogP contribution in [-0.4, -0.2) is 70.9 Å². The average Bonchev–Trinajstić information content (AvgIpc) is 3.12. The Labute approximate surface area is 317 Å². The third-order valence-electron chi connectivity index (χ3n) is 7.85. The van der Waals surface area contributed by atoms with Gasteiger partial charge in [0, 0.05) is 36.4 Å². The molecular weight excluding hydrogens is 675 g/mol. The number of aliphatic hydroxyl groups excluding tert-OH is 2. The van der Waals surface area contributed by atoms with Gasteiger partial charge in [0.15, 0.2) is 0 Å². The van der Waals surface area contributed by atoms with Crippen molar-refractivity contribution in [3.63, 3.8) is 0 Å². The Balaban J connectivity index is 2.26. The van der Waals surface area contributed by atoms with Crippen LogP contribution in [0.2, 0.25) is 0 Å². The van der Waals surface area contributed by atoms with Gasteiger partial charge in [-0.2, -0.15) is 0 Å². The molecule has 1 aromatic carbocycles. The molecule has 0 spiro atoms. The van der Waals surface area contributed by atoms with Crippen LogP contribution in [0.15, 0.2) is 103 Å². The molecule has 0 unspecified atom stereocenters. The van der Waals surface area contributed by atoms with E-state index in [0.717, 1.165) is 57.1 Å². The molecule has 284 valence electrons. The second kappa shape index (κ2) is 31.9. The molecule has 9 heteroatoms. The summed E-state index contributed by atoms with van der Waals surface area (Å²) in [5.74, 6) is 0.768. The van der Waals surface area contributed by atoms with E-state index in [-0.39, 0.29) is 35.8 Å². The topological polar surface area (TPSA) is 111 Å². The van der Waals surface area contributed by atoms with Gasteiger partial charge in [-0.1, -0.05) is 132 Å². The van der Waals surface area contributed by atoms with E-state index in [1.54, 1.807) is 21.6 Å². The number of benzene rings is 1. The summed E-state index contributed by atoms with van der Waals surface area (Å²) < 4.78 is -0.345. The van der Waals surface area contributed by atoms with Crippen LogP contribution in [0.4, 0.5) is 0 Å². The van der Waals surface area contributed by atoms with Crippen LogP contribution in [0, 0.1) is 0 Å². The highest BCUT2D eigenvalue weighted by Crippen LogP contribution is 2.38. The molecule has 0 bridgehead atoms. The molecule has 2 amide bonds. The molecule has 0 aliphatic heterocycles. The number of carbonyl (C=O) groups excluding carboxylic acids is 2. The number of aliphatic hydroxyl groups is 2. The highest BCUT2D eigenvalue weighted by atomic mass is 33.1. The van der Waals surface area contributed by atoms with Crippen molar-refractivity contribution < 1.29 is 19.8 Å². The fraction of sp³-hybridized carbons (Fsp3) is 0.524. The third-order valence-corrected chi connectivity index (χ3v) is 11.2. The number of aryl methyl sites for hydroxylation is 1. The van der Waals surface area contributed by atoms with Gasteiger partial charge in [-0.15, -0.1) is 0 Å². The average molecular weight is 740 g/mol. The molecule has 0 heterocycles. The zero-order valence-electron chi connectivity index (χ0n) is 31.3. The molecule has 0 saturated carbocycles. The zero-order chi connectivity index (χ0) is 37.3. The predicted octanol–water partition coefficient (Wildman–Crippen LogP) is 8.19. The van der Waals surface area contributed by atoms with Crippen LogP contribution in [0.5, 0.6) is 0 Å². The summed E-state index contributed by atoms with van der Waals surface area (Å²) in [5.41, 5.74) is 1.21. The number of carbonyl (C=O) groups is 2. The summed E-state index contributed by atoms with van der Waals surface area (Å²) in [5, 5.41) is 28.4. The molecule has 5 N–H and O–H groups in total. The first-order valence-corrected chi connectivity index (χ1v) is 20.9. The van der Waals surface area contributed by atoms with Crippen molar-refractivity contribution >= 4 is 33.4 Å². The van der Waals surface area contributed by atoms with E-state index in [4.69, 9.17) is 0 Å². The highest BCUT2D eigenvalue weighted by Gasteiger charge is 2.32. The SMILES string of the molecule is CC/C=C\C/C=C\C/C=C\C/C=C\C/C=C\C/C=C\CCC(=O)NCCSSC(C)(C)[C@@H](CNC(CO)CO)NC(=O)CCCc1ccccc1. The number of hydrogen-bond acceptors (Lipinski definition) is 7. The van der Waals surface area contributed by atoms with Crippen molar-refractivity contribution in [2.24, 2.45) is 0 Å². The predicted molar refractivity (Wildman–Crippen MR) is 222 cm³/mol. The van der Waals surface area contributed by atoms with Crippen molar-refractivity contribution in [2.45, 2.75) is 108 Å². The van der Waals surface area contributed by atoms with Gasteiger partial charge in [0.1, 0.15) is 0 Å². The van der Waals surface area contributed by atoms with Gasteiger partial charge < -0.3 is 26.2 Å². The van der Waals surface area contributed by atoms with Crippen molar-refractivity contribution in [1.82, 2.24) is 16.0 Å². The van der Waals surface area contributed by atoms with Gasteiger partial charge >= 0.3 is 0 Å². The maximum absolute atomic E-state index is 12.9. The van der Waals surface area contributed by atoms with Crippen LogP contribution in [0.25, 0.3) is 0 Å². The largest absolute Gasteiger partial charge is 0.395 e. The Morgan fingerprint density at radius 2 is 1.31 bits per heavy atom. The van der Waals surface area contributed by atoms with E-state index < -0.39 is 6.04 Å². The Morgan fingerprint density at radius 3 is 1.86 bits per heavy atom. The standard InChI is InChI=1S/C42H65N3O4S2/c1-4-5-6-7-8-9-10-11-12-13-14-15-16-17-18-19-20-21-25-30-40(48)43-32-33-50-51-42(2,3)39(34-44-38(35-46)36-47)45-41(49)31-26-29-37-27-23-22-24-28-37/h5-6,8-9,11-12,14-15,17-18,20-24,27-28,38-39,44,46-47H,4,7,10,13,16,19,25-26,29-36H2,1-3H3,(H,43,48)(H,45,49)/b6-5-,9-8-,12-11-,15-14-,18-17-,21-20-/t39-/m1/s1. The Bertz CT molecular complexity index is 1210. The number of allylic oxidation sites excluding steroid dienone is 12. The lowest BCUT2D eigenvalue weighted by molar-refractivity contribution is -0.122. The third kappa shape index (κ3) is 26.6. The fourth-order valence-electron chi connectivity index (χ4n) is 4.73. The minimum atomic E-state index is -0.445. The lowest BCUT2D eigenvalue weighted by Crippen LogP contribution is -2.55. The summed E-state index contributed by atoms with van der Waals surface area (Å²) in [6.07, 6.45) is 35.1. The van der Waals surface area contributed by atoms with E-state index in [9.17, 15) is 19.8 Å². The number of rotatable bonds is 30. The first-order chi connectivity index (χ1) is 24.8. The molecule has 1 aromatic rings. The molecule has 1 rings (SSSR count). The van der Waals surface area contributed by atoms with Gasteiger partial charge in [-0.25, -0.2) is 0 Å². The summed E-state index contributed by atoms with van der Waals surface area (Å²) in [6.45, 7) is 6.94. The van der Waals surface area contributed by atoms with E-state index in [1.807, 2.05) is 18.2 Å². The van der Waals surface area contributed by atoms with E-state index in [2.05, 4.69) is 122 Å². The van der Waals surface area contributed by atoms with Crippen LogP contribution in [0.3, 0.4) is 0 Å². The van der Waals surface area contributed by atoms with Crippen LogP contribution in [0.1, 0.15) is 90.5 Å². The fourth-order valence-corrected chi connectivity index (χ4v) is 7.32. The van der Waals surface area contributed by atoms with Crippen molar-refractivity contribution in [3.8, 4) is 0 Å². The number of amides is 2. The molecule has 51 heavy (non-hydrogen) atoms. The first-order valence-electron chi connectivity index (χ1n) is 18.6. The molecule has 0 aliphatic carbocycles. The molecule has 1 atom stereocenters. The smallest absolute Gasteiger partial charge is 0.220 e. The second-order valence-electron chi connectivity index (χ2n) is 12.7. The van der Waals surface area contributed by atoms with Crippen LogP contribution < -0.4 is 16.0 Å². The Morgan fingerprint density at radius 1 is 0.765 bits per heavy atom. The zero-order valence-corrected chi connectivity index (χ0v) is 32.9. The summed E-state index contributed by atoms with van der Waals surface area (Å²) in [4.78, 5) is 25.2. The van der Waals surface area contributed by atoms with Crippen molar-refractivity contribution in [2.75, 3.05) is 32.1 Å². The quantitative estimate of drug-likeness (QED) is 0.0308. The molecule has 0 aromatic heterocycles. The number of nitrogens with one attached hydrogen (secondary N) is 3. The van der Waals surface area contributed by atoms with E-state index in [1.165, 1.54) is 5.56 Å². The first kappa shape index (κ1) is 46.2. The Kier molecular flexibility index (Phi) is 28.9. The summed E-state index contributed by atoms with van der Waals surface area (Å²) >= 11 is 0. The van der Waals surface area contributed by atoms with Gasteiger partial charge in [0.2, 0.25) is 11.8 Å². The highest BCUT2D eigenvalue weighted by molar-refractivity contribution is 8.77. The van der Waals surface area contributed by atoms with Crippen LogP contribution >= 0.6 is 21.6 Å². The van der Waals surface area contributed by atoms with Crippen molar-refractivity contribution in [3.05, 3.63) is 109 Å². The lowest BCUT2D eigenvalue weighted by Gasteiger charge is -2.35. The molecular formula is C42H65N3O4S2. The lowest BCUT2D eigenvalue weighted by atomic mass is 10.0. The maximum Gasteiger partial charge on any atom is 0.220 e. The minimum absolute atomic E-state index is 0.0138. The van der Waals surface area contributed by atoms with Gasteiger partial charge in [0.05, 0.1) is 25.3 Å². The van der Waals surface area contributed by atoms with Crippen LogP contribution in [-0.2, 0) is 16.0 Å². The number of hydrogen-bond donors (Lipinski definition) is 5. The molecule has 0 aliphatic rings. The van der Waals surface area contributed by atoms with E-state index in [0.29, 0.717) is 32.4 Å². The minimum Gasteiger partial charge on any atom is -0.395 e. The maximum atomic E-state index is 12.9. The second-order valence-corrected chi connectivity index (χ2v) is 15.8. The van der Waals surface area contributed by atoms with Gasteiger partial charge in [-0.3, -0.25) is 9.59 Å². The normalized spacial score (nSPS) is 13.3.